The molecule has 0 fully saturated rings. The van der Waals surface area contributed by atoms with Crippen LogP contribution < -0.4 is 5.32 Å². The van der Waals surface area contributed by atoms with Crippen LogP contribution in [0.5, 0.6) is 0 Å². The SMILES string of the molecule is Cc1oc(C)c(C(=O)O[C@@H](C)C(=O)Nc2ccccc2)c1C. The van der Waals surface area contributed by atoms with Gasteiger partial charge in [-0.25, -0.2) is 4.79 Å². The van der Waals surface area contributed by atoms with Crippen LogP contribution in [-0.4, -0.2) is 18.0 Å². The second kappa shape index (κ2) is 6.47. The lowest BCUT2D eigenvalue weighted by atomic mass is 10.1. The van der Waals surface area contributed by atoms with Gasteiger partial charge in [0.05, 0.1) is 0 Å². The number of aryl methyl sites for hydroxylation is 2. The van der Waals surface area contributed by atoms with E-state index >= 15 is 0 Å². The van der Waals surface area contributed by atoms with Crippen LogP contribution in [0, 0.1) is 20.8 Å². The van der Waals surface area contributed by atoms with E-state index in [1.54, 1.807) is 32.9 Å². The van der Waals surface area contributed by atoms with Gasteiger partial charge in [-0.1, -0.05) is 18.2 Å². The van der Waals surface area contributed by atoms with Gasteiger partial charge in [0, 0.05) is 11.3 Å². The van der Waals surface area contributed by atoms with E-state index in [0.717, 1.165) is 5.56 Å². The van der Waals surface area contributed by atoms with E-state index < -0.39 is 12.1 Å². The minimum absolute atomic E-state index is 0.380. The van der Waals surface area contributed by atoms with E-state index in [4.69, 9.17) is 9.15 Å². The minimum Gasteiger partial charge on any atom is -0.465 e. The Kier molecular flexibility index (Phi) is 4.65. The number of anilines is 1. The molecule has 1 amide bonds. The van der Waals surface area contributed by atoms with Gasteiger partial charge in [-0.05, 0) is 39.8 Å². The number of carbonyl (C=O) groups excluding carboxylic acids is 2. The fourth-order valence-electron chi connectivity index (χ4n) is 2.13. The van der Waals surface area contributed by atoms with Crippen molar-refractivity contribution in [3.8, 4) is 0 Å². The molecular formula is C17H19NO4. The van der Waals surface area contributed by atoms with Gasteiger partial charge in [-0.3, -0.25) is 4.79 Å². The molecule has 0 bridgehead atoms. The lowest BCUT2D eigenvalue weighted by molar-refractivity contribution is -0.123. The topological polar surface area (TPSA) is 68.5 Å². The van der Waals surface area contributed by atoms with E-state index in [1.807, 2.05) is 18.2 Å². The first kappa shape index (κ1) is 15.8. The smallest absolute Gasteiger partial charge is 0.342 e. The number of nitrogens with one attached hydrogen (secondary N) is 1. The number of esters is 1. The monoisotopic (exact) mass is 301 g/mol. The average Bonchev–Trinajstić information content (AvgIpc) is 2.73. The van der Waals surface area contributed by atoms with Crippen LogP contribution in [0.1, 0.15) is 34.4 Å². The first-order valence-electron chi connectivity index (χ1n) is 7.03. The standard InChI is InChI=1S/C17H19NO4/c1-10-11(2)21-12(3)15(10)17(20)22-13(4)16(19)18-14-8-6-5-7-9-14/h5-9,13H,1-4H3,(H,18,19)/t13-/m0/s1. The highest BCUT2D eigenvalue weighted by Gasteiger charge is 2.24. The summed E-state index contributed by atoms with van der Waals surface area (Å²) in [5.74, 6) is 0.235. The molecule has 0 aliphatic rings. The third-order valence-electron chi connectivity index (χ3n) is 3.46. The van der Waals surface area contributed by atoms with Gasteiger partial charge in [0.25, 0.3) is 5.91 Å². The molecule has 0 aliphatic carbocycles. The number of furan rings is 1. The van der Waals surface area contributed by atoms with Crippen LogP contribution in [0.15, 0.2) is 34.7 Å². The number of hydrogen-bond donors (Lipinski definition) is 1. The van der Waals surface area contributed by atoms with Gasteiger partial charge in [0.2, 0.25) is 0 Å². The summed E-state index contributed by atoms with van der Waals surface area (Å²) >= 11 is 0. The second-order valence-corrected chi connectivity index (χ2v) is 5.12. The summed E-state index contributed by atoms with van der Waals surface area (Å²) in [6.45, 7) is 6.81. The van der Waals surface area contributed by atoms with Gasteiger partial charge >= 0.3 is 5.97 Å². The Morgan fingerprint density at radius 1 is 1.09 bits per heavy atom. The third kappa shape index (κ3) is 3.36. The number of ether oxygens (including phenoxy) is 1. The van der Waals surface area contributed by atoms with Crippen LogP contribution in [0.25, 0.3) is 0 Å². The maximum absolute atomic E-state index is 12.2. The highest BCUT2D eigenvalue weighted by molar-refractivity contribution is 5.98. The first-order chi connectivity index (χ1) is 10.4. The van der Waals surface area contributed by atoms with Gasteiger partial charge < -0.3 is 14.5 Å². The van der Waals surface area contributed by atoms with E-state index in [0.29, 0.717) is 22.8 Å². The molecule has 0 saturated heterocycles. The summed E-state index contributed by atoms with van der Waals surface area (Å²) < 4.78 is 10.6. The Balaban J connectivity index is 2.03. The zero-order valence-electron chi connectivity index (χ0n) is 13.1. The Bertz CT molecular complexity index is 688. The Labute approximate surface area is 129 Å². The van der Waals surface area contributed by atoms with Gasteiger partial charge in [0.1, 0.15) is 17.1 Å². The van der Waals surface area contributed by atoms with E-state index in [9.17, 15) is 9.59 Å². The molecule has 22 heavy (non-hydrogen) atoms. The predicted molar refractivity (Wildman–Crippen MR) is 82.9 cm³/mol. The molecule has 2 aromatic rings. The predicted octanol–water partition coefficient (Wildman–Crippen LogP) is 3.39. The van der Waals surface area contributed by atoms with Gasteiger partial charge in [-0.2, -0.15) is 0 Å². The number of rotatable bonds is 4. The van der Waals surface area contributed by atoms with Crippen LogP contribution in [0.3, 0.4) is 0 Å². The summed E-state index contributed by atoms with van der Waals surface area (Å²) in [7, 11) is 0. The van der Waals surface area contributed by atoms with Crippen molar-refractivity contribution >= 4 is 17.6 Å². The third-order valence-corrected chi connectivity index (χ3v) is 3.46. The van der Waals surface area contributed by atoms with Crippen molar-refractivity contribution in [2.45, 2.75) is 33.8 Å². The van der Waals surface area contributed by atoms with Crippen molar-refractivity contribution in [2.75, 3.05) is 5.32 Å². The average molecular weight is 301 g/mol. The lowest BCUT2D eigenvalue weighted by Gasteiger charge is -2.13. The quantitative estimate of drug-likeness (QED) is 0.879. The summed E-state index contributed by atoms with van der Waals surface area (Å²) in [6, 6.07) is 9.01. The fraction of sp³-hybridized carbons (Fsp3) is 0.294. The molecule has 116 valence electrons. The molecule has 0 unspecified atom stereocenters. The molecule has 5 heteroatoms. The molecule has 1 heterocycles. The second-order valence-electron chi connectivity index (χ2n) is 5.12. The molecular weight excluding hydrogens is 282 g/mol. The minimum atomic E-state index is -0.901. The zero-order valence-corrected chi connectivity index (χ0v) is 13.1. The molecule has 0 spiro atoms. The summed E-state index contributed by atoms with van der Waals surface area (Å²) in [5, 5.41) is 2.69. The fourth-order valence-corrected chi connectivity index (χ4v) is 2.13. The van der Waals surface area contributed by atoms with Crippen LogP contribution in [-0.2, 0) is 9.53 Å². The number of benzene rings is 1. The van der Waals surface area contributed by atoms with Crippen molar-refractivity contribution in [3.63, 3.8) is 0 Å². The highest BCUT2D eigenvalue weighted by atomic mass is 16.5. The maximum atomic E-state index is 12.2. The molecule has 0 saturated carbocycles. The molecule has 1 N–H and O–H groups in total. The Morgan fingerprint density at radius 3 is 2.27 bits per heavy atom. The summed E-state index contributed by atoms with van der Waals surface area (Å²) in [6.07, 6.45) is -0.901. The van der Waals surface area contributed by atoms with Crippen molar-refractivity contribution in [2.24, 2.45) is 0 Å². The first-order valence-corrected chi connectivity index (χ1v) is 7.03. The largest absolute Gasteiger partial charge is 0.465 e. The number of hydrogen-bond acceptors (Lipinski definition) is 4. The van der Waals surface area contributed by atoms with Crippen LogP contribution in [0.4, 0.5) is 5.69 Å². The molecule has 2 rings (SSSR count). The maximum Gasteiger partial charge on any atom is 0.342 e. The van der Waals surface area contributed by atoms with Crippen molar-refractivity contribution in [1.82, 2.24) is 0 Å². The van der Waals surface area contributed by atoms with Crippen molar-refractivity contribution in [1.29, 1.82) is 0 Å². The molecule has 1 aromatic heterocycles. The lowest BCUT2D eigenvalue weighted by Crippen LogP contribution is -2.30. The van der Waals surface area contributed by atoms with Crippen LogP contribution in [0.2, 0.25) is 0 Å². The number of amides is 1. The molecule has 5 nitrogen and oxygen atoms in total. The number of para-hydroxylation sites is 1. The van der Waals surface area contributed by atoms with Gasteiger partial charge in [-0.15, -0.1) is 0 Å². The normalized spacial score (nSPS) is 11.8. The Morgan fingerprint density at radius 2 is 1.73 bits per heavy atom. The van der Waals surface area contributed by atoms with E-state index in [1.165, 1.54) is 6.92 Å². The zero-order chi connectivity index (χ0) is 16.3. The summed E-state index contributed by atoms with van der Waals surface area (Å²) in [5.41, 5.74) is 1.77. The number of carbonyl (C=O) groups is 2. The molecule has 0 aliphatic heterocycles. The highest BCUT2D eigenvalue weighted by Crippen LogP contribution is 2.22. The van der Waals surface area contributed by atoms with Crippen LogP contribution >= 0.6 is 0 Å². The Hall–Kier alpha value is -2.56. The van der Waals surface area contributed by atoms with E-state index in [2.05, 4.69) is 5.32 Å². The summed E-state index contributed by atoms with van der Waals surface area (Å²) in [4.78, 5) is 24.2. The van der Waals surface area contributed by atoms with E-state index in [-0.39, 0.29) is 5.91 Å². The van der Waals surface area contributed by atoms with Crippen molar-refractivity contribution in [3.05, 3.63) is 53.0 Å². The molecule has 0 radical (unpaired) electrons. The van der Waals surface area contributed by atoms with Crippen molar-refractivity contribution < 1.29 is 18.7 Å². The molecule has 1 atom stereocenters. The van der Waals surface area contributed by atoms with Gasteiger partial charge in [0.15, 0.2) is 6.10 Å². The molecule has 1 aromatic carbocycles.